The van der Waals surface area contributed by atoms with Gasteiger partial charge in [-0.3, -0.25) is 10.1 Å². The molecule has 1 aromatic carbocycles. The lowest BCUT2D eigenvalue weighted by Crippen LogP contribution is -2.40. The van der Waals surface area contributed by atoms with Crippen molar-refractivity contribution in [2.45, 2.75) is 18.9 Å². The van der Waals surface area contributed by atoms with Gasteiger partial charge in [-0.1, -0.05) is 17.7 Å². The summed E-state index contributed by atoms with van der Waals surface area (Å²) in [6, 6.07) is 5.12. The number of para-hydroxylation sites is 1. The zero-order valence-corrected chi connectivity index (χ0v) is 10.9. The Kier molecular flexibility index (Phi) is 3.73. The Morgan fingerprint density at radius 3 is 2.78 bits per heavy atom. The highest BCUT2D eigenvalue weighted by Gasteiger charge is 2.35. The van der Waals surface area contributed by atoms with E-state index in [4.69, 9.17) is 17.3 Å². The minimum Gasteiger partial charge on any atom is -0.364 e. The number of hydrogen-bond donors (Lipinski definition) is 1. The van der Waals surface area contributed by atoms with E-state index in [1.807, 2.05) is 11.9 Å². The Balaban J connectivity index is 2.37. The van der Waals surface area contributed by atoms with Crippen LogP contribution in [0.2, 0.25) is 5.02 Å². The Labute approximate surface area is 111 Å². The fourth-order valence-electron chi connectivity index (χ4n) is 2.30. The van der Waals surface area contributed by atoms with Crippen LogP contribution < -0.4 is 10.6 Å². The number of nitro benzene ring substituents is 1. The van der Waals surface area contributed by atoms with E-state index >= 15 is 0 Å². The summed E-state index contributed by atoms with van der Waals surface area (Å²) in [5.41, 5.74) is 6.27. The summed E-state index contributed by atoms with van der Waals surface area (Å²) >= 11 is 5.91. The molecule has 0 aliphatic heterocycles. The van der Waals surface area contributed by atoms with E-state index in [1.165, 1.54) is 6.07 Å². The van der Waals surface area contributed by atoms with Gasteiger partial charge in [0.05, 0.1) is 4.92 Å². The molecule has 18 heavy (non-hydrogen) atoms. The molecular weight excluding hydrogens is 254 g/mol. The van der Waals surface area contributed by atoms with E-state index in [0.29, 0.717) is 18.2 Å². The Morgan fingerprint density at radius 2 is 2.28 bits per heavy atom. The van der Waals surface area contributed by atoms with Crippen LogP contribution in [0.25, 0.3) is 0 Å². The molecule has 0 amide bonds. The maximum absolute atomic E-state index is 11.1. The van der Waals surface area contributed by atoms with E-state index in [9.17, 15) is 10.1 Å². The topological polar surface area (TPSA) is 72.4 Å². The van der Waals surface area contributed by atoms with Crippen LogP contribution in [0.1, 0.15) is 12.8 Å². The highest BCUT2D eigenvalue weighted by Crippen LogP contribution is 2.40. The first kappa shape index (κ1) is 13.1. The SMILES string of the molecule is CN(c1cccc(Cl)c1[N+](=O)[O-])C(CN)C1CC1. The zero-order chi connectivity index (χ0) is 13.3. The van der Waals surface area contributed by atoms with Gasteiger partial charge in [0.2, 0.25) is 0 Å². The molecule has 1 aliphatic rings. The quantitative estimate of drug-likeness (QED) is 0.658. The molecule has 0 aromatic heterocycles. The maximum Gasteiger partial charge on any atom is 0.310 e. The summed E-state index contributed by atoms with van der Waals surface area (Å²) in [5, 5.41) is 11.3. The second kappa shape index (κ2) is 5.12. The predicted octanol–water partition coefficient (Wildman–Crippen LogP) is 2.42. The van der Waals surface area contributed by atoms with E-state index in [1.54, 1.807) is 12.1 Å². The molecule has 1 aromatic rings. The monoisotopic (exact) mass is 269 g/mol. The standard InChI is InChI=1S/C12H16ClN3O2/c1-15(11(7-14)8-5-6-8)10-4-2-3-9(13)12(10)16(17)18/h2-4,8,11H,5-7,14H2,1H3. The minimum atomic E-state index is -0.436. The van der Waals surface area contributed by atoms with E-state index < -0.39 is 4.92 Å². The number of nitro groups is 1. The summed E-state index contributed by atoms with van der Waals surface area (Å²) in [7, 11) is 1.84. The number of nitrogens with zero attached hydrogens (tertiary/aromatic N) is 2. The lowest BCUT2D eigenvalue weighted by molar-refractivity contribution is -0.384. The number of likely N-dealkylation sites (N-methyl/N-ethyl adjacent to an activating group) is 1. The van der Waals surface area contributed by atoms with Gasteiger partial charge in [-0.15, -0.1) is 0 Å². The molecule has 1 saturated carbocycles. The second-order valence-electron chi connectivity index (χ2n) is 4.62. The maximum atomic E-state index is 11.1. The van der Waals surface area contributed by atoms with Crippen LogP contribution >= 0.6 is 11.6 Å². The lowest BCUT2D eigenvalue weighted by Gasteiger charge is -2.28. The molecule has 98 valence electrons. The van der Waals surface area contributed by atoms with Crippen molar-refractivity contribution in [2.24, 2.45) is 11.7 Å². The Hall–Kier alpha value is -1.33. The average molecular weight is 270 g/mol. The van der Waals surface area contributed by atoms with Crippen molar-refractivity contribution in [3.8, 4) is 0 Å². The van der Waals surface area contributed by atoms with Gasteiger partial charge in [0.25, 0.3) is 0 Å². The molecule has 0 saturated heterocycles. The summed E-state index contributed by atoms with van der Waals surface area (Å²) < 4.78 is 0. The van der Waals surface area contributed by atoms with Gasteiger partial charge in [-0.2, -0.15) is 0 Å². The highest BCUT2D eigenvalue weighted by atomic mass is 35.5. The third kappa shape index (κ3) is 2.42. The van der Waals surface area contributed by atoms with Gasteiger partial charge in [0, 0.05) is 19.6 Å². The van der Waals surface area contributed by atoms with Crippen LogP contribution in [0.3, 0.4) is 0 Å². The molecule has 2 N–H and O–H groups in total. The molecule has 1 aliphatic carbocycles. The third-order valence-corrected chi connectivity index (χ3v) is 3.74. The van der Waals surface area contributed by atoms with Gasteiger partial charge in [0.1, 0.15) is 10.7 Å². The van der Waals surface area contributed by atoms with Gasteiger partial charge >= 0.3 is 5.69 Å². The van der Waals surface area contributed by atoms with Crippen molar-refractivity contribution >= 4 is 23.0 Å². The number of rotatable bonds is 5. The number of benzene rings is 1. The largest absolute Gasteiger partial charge is 0.364 e. The van der Waals surface area contributed by atoms with Crippen molar-refractivity contribution in [2.75, 3.05) is 18.5 Å². The summed E-state index contributed by atoms with van der Waals surface area (Å²) in [6.07, 6.45) is 2.28. The zero-order valence-electron chi connectivity index (χ0n) is 10.2. The summed E-state index contributed by atoms with van der Waals surface area (Å²) in [5.74, 6) is 0.540. The normalized spacial score (nSPS) is 16.4. The molecule has 1 atom stereocenters. The van der Waals surface area contributed by atoms with Crippen molar-refractivity contribution in [1.82, 2.24) is 0 Å². The second-order valence-corrected chi connectivity index (χ2v) is 5.02. The molecule has 0 bridgehead atoms. The highest BCUT2D eigenvalue weighted by molar-refractivity contribution is 6.33. The van der Waals surface area contributed by atoms with Gasteiger partial charge in [-0.25, -0.2) is 0 Å². The Bertz CT molecular complexity index is 463. The van der Waals surface area contributed by atoms with Gasteiger partial charge < -0.3 is 10.6 Å². The fraction of sp³-hybridized carbons (Fsp3) is 0.500. The van der Waals surface area contributed by atoms with Crippen LogP contribution in [0.5, 0.6) is 0 Å². The van der Waals surface area contributed by atoms with Crippen molar-refractivity contribution in [1.29, 1.82) is 0 Å². The van der Waals surface area contributed by atoms with Crippen LogP contribution in [-0.4, -0.2) is 24.6 Å². The van der Waals surface area contributed by atoms with Crippen LogP contribution in [0, 0.1) is 16.0 Å². The van der Waals surface area contributed by atoms with Gasteiger partial charge in [0.15, 0.2) is 0 Å². The number of halogens is 1. The predicted molar refractivity (Wildman–Crippen MR) is 72.1 cm³/mol. The summed E-state index contributed by atoms with van der Waals surface area (Å²) in [4.78, 5) is 12.6. The van der Waals surface area contributed by atoms with E-state index in [-0.39, 0.29) is 16.8 Å². The van der Waals surface area contributed by atoms with Crippen LogP contribution in [0.4, 0.5) is 11.4 Å². The number of anilines is 1. The Morgan fingerprint density at radius 1 is 1.61 bits per heavy atom. The molecular formula is C12H16ClN3O2. The molecule has 1 unspecified atom stereocenters. The van der Waals surface area contributed by atoms with Crippen LogP contribution in [-0.2, 0) is 0 Å². The molecule has 2 rings (SSSR count). The first-order chi connectivity index (χ1) is 8.56. The molecule has 0 spiro atoms. The molecule has 1 fully saturated rings. The average Bonchev–Trinajstić information content (AvgIpc) is 3.13. The molecule has 5 nitrogen and oxygen atoms in total. The molecule has 6 heteroatoms. The van der Waals surface area contributed by atoms with Crippen molar-refractivity contribution in [3.05, 3.63) is 33.3 Å². The number of nitrogens with two attached hydrogens (primary N) is 1. The number of hydrogen-bond acceptors (Lipinski definition) is 4. The smallest absolute Gasteiger partial charge is 0.310 e. The first-order valence-electron chi connectivity index (χ1n) is 5.92. The van der Waals surface area contributed by atoms with E-state index in [0.717, 1.165) is 12.8 Å². The summed E-state index contributed by atoms with van der Waals surface area (Å²) in [6.45, 7) is 0.491. The van der Waals surface area contributed by atoms with E-state index in [2.05, 4.69) is 0 Å². The molecule has 0 heterocycles. The van der Waals surface area contributed by atoms with Crippen molar-refractivity contribution < 1.29 is 4.92 Å². The first-order valence-corrected chi connectivity index (χ1v) is 6.30. The van der Waals surface area contributed by atoms with Crippen molar-refractivity contribution in [3.63, 3.8) is 0 Å². The third-order valence-electron chi connectivity index (χ3n) is 3.43. The lowest BCUT2D eigenvalue weighted by atomic mass is 10.1. The fourth-order valence-corrected chi connectivity index (χ4v) is 2.53. The molecule has 0 radical (unpaired) electrons. The van der Waals surface area contributed by atoms with Gasteiger partial charge in [-0.05, 0) is 30.9 Å². The minimum absolute atomic E-state index is 0.0410. The van der Waals surface area contributed by atoms with Crippen LogP contribution in [0.15, 0.2) is 18.2 Å².